The third-order valence-corrected chi connectivity index (χ3v) is 5.90. The lowest BCUT2D eigenvalue weighted by molar-refractivity contribution is 0.237. The van der Waals surface area contributed by atoms with E-state index < -0.39 is 10.0 Å². The van der Waals surface area contributed by atoms with Gasteiger partial charge in [-0.05, 0) is 44.4 Å². The van der Waals surface area contributed by atoms with Crippen LogP contribution < -0.4 is 0 Å². The summed E-state index contributed by atoms with van der Waals surface area (Å²) in [6.45, 7) is 5.03. The van der Waals surface area contributed by atoms with E-state index in [2.05, 4.69) is 11.8 Å². The monoisotopic (exact) mass is 298 g/mol. The van der Waals surface area contributed by atoms with E-state index in [9.17, 15) is 8.42 Å². The summed E-state index contributed by atoms with van der Waals surface area (Å²) >= 11 is 0. The molecule has 0 amide bonds. The highest BCUT2D eigenvalue weighted by atomic mass is 32.2. The predicted octanol–water partition coefficient (Wildman–Crippen LogP) is 2.05. The van der Waals surface area contributed by atoms with E-state index in [0.29, 0.717) is 25.7 Å². The van der Waals surface area contributed by atoms with Gasteiger partial charge in [0.05, 0.1) is 6.54 Å². The molecule has 2 fully saturated rings. The lowest BCUT2D eigenvalue weighted by Crippen LogP contribution is -2.27. The van der Waals surface area contributed by atoms with E-state index in [0.717, 1.165) is 25.1 Å². The Morgan fingerprint density at radius 1 is 1.30 bits per heavy atom. The molecule has 1 saturated heterocycles. The molecule has 20 heavy (non-hydrogen) atoms. The molecule has 0 atom stereocenters. The maximum Gasteiger partial charge on any atom is 0.276 e. The van der Waals surface area contributed by atoms with Crippen molar-refractivity contribution in [1.29, 1.82) is 0 Å². The molecule has 2 heterocycles. The number of furan rings is 1. The molecular weight excluding hydrogens is 276 g/mol. The quantitative estimate of drug-likeness (QED) is 0.806. The minimum atomic E-state index is -3.42. The number of sulfonamides is 1. The first-order valence-electron chi connectivity index (χ1n) is 7.44. The average molecular weight is 298 g/mol. The van der Waals surface area contributed by atoms with Crippen molar-refractivity contribution < 1.29 is 12.8 Å². The van der Waals surface area contributed by atoms with Crippen molar-refractivity contribution in [2.45, 2.75) is 50.3 Å². The summed E-state index contributed by atoms with van der Waals surface area (Å²) in [4.78, 5) is 2.34. The molecule has 0 unspecified atom stereocenters. The number of hydrogen-bond donors (Lipinski definition) is 0. The predicted molar refractivity (Wildman–Crippen MR) is 75.8 cm³/mol. The molecule has 112 valence electrons. The van der Waals surface area contributed by atoms with Crippen LogP contribution in [0.25, 0.3) is 0 Å². The van der Waals surface area contributed by atoms with Crippen molar-refractivity contribution in [3.63, 3.8) is 0 Å². The van der Waals surface area contributed by atoms with Crippen molar-refractivity contribution in [2.75, 3.05) is 19.6 Å². The van der Waals surface area contributed by atoms with Gasteiger partial charge in [0, 0.05) is 19.1 Å². The van der Waals surface area contributed by atoms with E-state index >= 15 is 0 Å². The molecular formula is C14H22N2O3S. The lowest BCUT2D eigenvalue weighted by atomic mass is 10.4. The van der Waals surface area contributed by atoms with Crippen molar-refractivity contribution in [3.8, 4) is 0 Å². The average Bonchev–Trinajstić information content (AvgIpc) is 2.96. The maximum absolute atomic E-state index is 12.4. The van der Waals surface area contributed by atoms with E-state index in [1.165, 1.54) is 17.1 Å². The molecule has 3 rings (SSSR count). The van der Waals surface area contributed by atoms with Gasteiger partial charge < -0.3 is 4.42 Å². The maximum atomic E-state index is 12.4. The molecule has 0 aromatic carbocycles. The largest absolute Gasteiger partial charge is 0.447 e. The zero-order valence-corrected chi connectivity index (χ0v) is 12.7. The zero-order valence-electron chi connectivity index (χ0n) is 11.9. The number of nitrogens with zero attached hydrogens (tertiary/aromatic N) is 2. The fourth-order valence-corrected chi connectivity index (χ4v) is 4.22. The summed E-state index contributed by atoms with van der Waals surface area (Å²) in [7, 11) is -3.42. The molecule has 1 aromatic rings. The Kier molecular flexibility index (Phi) is 3.88. The van der Waals surface area contributed by atoms with Crippen LogP contribution in [-0.2, 0) is 16.6 Å². The first-order chi connectivity index (χ1) is 9.61. The molecule has 2 aliphatic rings. The summed E-state index contributed by atoms with van der Waals surface area (Å²) < 4.78 is 31.9. The van der Waals surface area contributed by atoms with Crippen molar-refractivity contribution >= 4 is 10.0 Å². The molecule has 0 bridgehead atoms. The van der Waals surface area contributed by atoms with Crippen molar-refractivity contribution in [1.82, 2.24) is 9.21 Å². The Labute approximate surface area is 120 Å². The fourth-order valence-electron chi connectivity index (χ4n) is 2.78. The van der Waals surface area contributed by atoms with E-state index in [-0.39, 0.29) is 5.09 Å². The van der Waals surface area contributed by atoms with Gasteiger partial charge in [-0.15, -0.1) is 0 Å². The summed E-state index contributed by atoms with van der Waals surface area (Å²) in [6.07, 6.45) is 4.37. The smallest absolute Gasteiger partial charge is 0.276 e. The van der Waals surface area contributed by atoms with Crippen LogP contribution in [0.15, 0.2) is 21.6 Å². The Bertz CT molecular complexity index is 557. The molecule has 0 radical (unpaired) electrons. The third kappa shape index (κ3) is 2.77. The zero-order chi connectivity index (χ0) is 14.2. The summed E-state index contributed by atoms with van der Waals surface area (Å²) in [5.41, 5.74) is 0. The van der Waals surface area contributed by atoms with Crippen LogP contribution in [0.3, 0.4) is 0 Å². The Balaban J connectivity index is 1.72. The van der Waals surface area contributed by atoms with Crippen molar-refractivity contribution in [3.05, 3.63) is 17.9 Å². The molecule has 1 aliphatic heterocycles. The minimum Gasteiger partial charge on any atom is -0.447 e. The van der Waals surface area contributed by atoms with E-state index in [4.69, 9.17) is 4.42 Å². The van der Waals surface area contributed by atoms with Gasteiger partial charge in [-0.25, -0.2) is 8.42 Å². The number of rotatable bonds is 6. The van der Waals surface area contributed by atoms with Crippen molar-refractivity contribution in [2.24, 2.45) is 0 Å². The number of hydrogen-bond acceptors (Lipinski definition) is 4. The molecule has 5 nitrogen and oxygen atoms in total. The SMILES string of the molecule is CCN(Cc1ccc(S(=O)(=O)N2CCCC2)o1)C1CC1. The van der Waals surface area contributed by atoms with Crippen LogP contribution in [0.4, 0.5) is 0 Å². The first-order valence-corrected chi connectivity index (χ1v) is 8.88. The topological polar surface area (TPSA) is 53.8 Å². The van der Waals surface area contributed by atoms with Gasteiger partial charge in [-0.2, -0.15) is 4.31 Å². The second-order valence-electron chi connectivity index (χ2n) is 5.63. The molecule has 0 N–H and O–H groups in total. The molecule has 1 saturated carbocycles. The molecule has 0 spiro atoms. The highest BCUT2D eigenvalue weighted by Crippen LogP contribution is 2.29. The Morgan fingerprint density at radius 3 is 2.60 bits per heavy atom. The van der Waals surface area contributed by atoms with Gasteiger partial charge >= 0.3 is 0 Å². The van der Waals surface area contributed by atoms with Gasteiger partial charge in [0.15, 0.2) is 0 Å². The van der Waals surface area contributed by atoms with Gasteiger partial charge in [0.1, 0.15) is 5.76 Å². The van der Waals surface area contributed by atoms with Gasteiger partial charge in [-0.1, -0.05) is 6.92 Å². The standard InChI is InChI=1S/C14H22N2O3S/c1-2-15(12-5-6-12)11-13-7-8-14(19-13)20(17,18)16-9-3-4-10-16/h7-8,12H,2-6,9-11H2,1H3. The van der Waals surface area contributed by atoms with Gasteiger partial charge in [0.2, 0.25) is 5.09 Å². The highest BCUT2D eigenvalue weighted by Gasteiger charge is 2.31. The highest BCUT2D eigenvalue weighted by molar-refractivity contribution is 7.89. The third-order valence-electron chi connectivity index (χ3n) is 4.12. The fraction of sp³-hybridized carbons (Fsp3) is 0.714. The van der Waals surface area contributed by atoms with E-state index in [1.807, 2.05) is 0 Å². The lowest BCUT2D eigenvalue weighted by Gasteiger charge is -2.18. The Hall–Kier alpha value is -0.850. The van der Waals surface area contributed by atoms with Gasteiger partial charge in [-0.3, -0.25) is 4.90 Å². The second-order valence-corrected chi connectivity index (χ2v) is 7.50. The summed E-state index contributed by atoms with van der Waals surface area (Å²) in [6, 6.07) is 4.06. The second kappa shape index (κ2) is 5.50. The first kappa shape index (κ1) is 14.1. The van der Waals surface area contributed by atoms with Crippen LogP contribution in [-0.4, -0.2) is 43.3 Å². The van der Waals surface area contributed by atoms with Crippen LogP contribution in [0.2, 0.25) is 0 Å². The molecule has 6 heteroatoms. The van der Waals surface area contributed by atoms with E-state index in [1.54, 1.807) is 12.1 Å². The minimum absolute atomic E-state index is 0.0984. The summed E-state index contributed by atoms with van der Waals surface area (Å²) in [5.74, 6) is 0.747. The van der Waals surface area contributed by atoms with Crippen LogP contribution >= 0.6 is 0 Å². The van der Waals surface area contributed by atoms with Crippen LogP contribution in [0, 0.1) is 0 Å². The van der Waals surface area contributed by atoms with Crippen LogP contribution in [0.5, 0.6) is 0 Å². The molecule has 1 aliphatic carbocycles. The summed E-state index contributed by atoms with van der Waals surface area (Å²) in [5, 5.41) is 0.0984. The Morgan fingerprint density at radius 2 is 2.00 bits per heavy atom. The van der Waals surface area contributed by atoms with Gasteiger partial charge in [0.25, 0.3) is 10.0 Å². The normalized spacial score (nSPS) is 20.9. The molecule has 1 aromatic heterocycles. The van der Waals surface area contributed by atoms with Crippen LogP contribution in [0.1, 0.15) is 38.4 Å².